The van der Waals surface area contributed by atoms with E-state index in [-0.39, 0.29) is 15.6 Å². The molecule has 0 unspecified atom stereocenters. The summed E-state index contributed by atoms with van der Waals surface area (Å²) in [6.07, 6.45) is 1.51. The van der Waals surface area contributed by atoms with Crippen LogP contribution in [-0.4, -0.2) is 4.98 Å². The van der Waals surface area contributed by atoms with E-state index in [9.17, 15) is 13.2 Å². The van der Waals surface area contributed by atoms with Gasteiger partial charge in [0.1, 0.15) is 11.6 Å². The first-order valence-corrected chi connectivity index (χ1v) is 6.43. The SMILES string of the molecule is Fc1ccc(Oc2c(F)cc3[nH]ccc3c2F)cc1Br. The van der Waals surface area contributed by atoms with E-state index < -0.39 is 23.2 Å². The molecule has 0 fully saturated rings. The number of halogens is 4. The third-order valence-corrected chi connectivity index (χ3v) is 3.42. The second-order valence-corrected chi connectivity index (χ2v) is 4.97. The topological polar surface area (TPSA) is 25.0 Å². The maximum atomic E-state index is 14.2. The van der Waals surface area contributed by atoms with Gasteiger partial charge in [-0.3, -0.25) is 0 Å². The molecule has 6 heteroatoms. The van der Waals surface area contributed by atoms with Gasteiger partial charge in [0, 0.05) is 17.6 Å². The van der Waals surface area contributed by atoms with Gasteiger partial charge >= 0.3 is 0 Å². The van der Waals surface area contributed by atoms with Crippen molar-refractivity contribution in [2.75, 3.05) is 0 Å². The molecule has 2 aromatic carbocycles. The van der Waals surface area contributed by atoms with E-state index in [0.717, 1.165) is 12.1 Å². The Labute approximate surface area is 120 Å². The lowest BCUT2D eigenvalue weighted by Crippen LogP contribution is -1.94. The Bertz CT molecular complexity index is 800. The zero-order valence-corrected chi connectivity index (χ0v) is 11.5. The van der Waals surface area contributed by atoms with E-state index in [2.05, 4.69) is 20.9 Å². The number of fused-ring (bicyclic) bond motifs is 1. The highest BCUT2D eigenvalue weighted by molar-refractivity contribution is 9.10. The maximum Gasteiger partial charge on any atom is 0.199 e. The maximum absolute atomic E-state index is 14.2. The summed E-state index contributed by atoms with van der Waals surface area (Å²) in [5.74, 6) is -2.51. The zero-order valence-electron chi connectivity index (χ0n) is 9.88. The summed E-state index contributed by atoms with van der Waals surface area (Å²) in [5, 5.41) is 0.225. The Morgan fingerprint density at radius 3 is 2.55 bits per heavy atom. The minimum absolute atomic E-state index is 0.131. The molecule has 0 saturated carbocycles. The predicted octanol–water partition coefficient (Wildman–Crippen LogP) is 5.14. The first-order chi connectivity index (χ1) is 9.56. The van der Waals surface area contributed by atoms with Crippen LogP contribution in [0.2, 0.25) is 0 Å². The van der Waals surface area contributed by atoms with Crippen LogP contribution >= 0.6 is 15.9 Å². The monoisotopic (exact) mass is 341 g/mol. The Balaban J connectivity index is 2.07. The molecule has 1 N–H and O–H groups in total. The van der Waals surface area contributed by atoms with Gasteiger partial charge < -0.3 is 9.72 Å². The minimum atomic E-state index is -0.835. The summed E-state index contributed by atoms with van der Waals surface area (Å²) < 4.78 is 46.5. The van der Waals surface area contributed by atoms with E-state index in [1.165, 1.54) is 24.4 Å². The highest BCUT2D eigenvalue weighted by Gasteiger charge is 2.17. The fourth-order valence-corrected chi connectivity index (χ4v) is 2.22. The van der Waals surface area contributed by atoms with Crippen LogP contribution in [-0.2, 0) is 0 Å². The number of rotatable bonds is 2. The molecule has 2 nitrogen and oxygen atoms in total. The molecule has 0 aliphatic rings. The first kappa shape index (κ1) is 13.1. The Hall–Kier alpha value is -1.95. The van der Waals surface area contributed by atoms with Crippen LogP contribution in [0.3, 0.4) is 0 Å². The number of ether oxygens (including phenoxy) is 1. The fourth-order valence-electron chi connectivity index (χ4n) is 1.86. The van der Waals surface area contributed by atoms with E-state index in [4.69, 9.17) is 4.74 Å². The summed E-state index contributed by atoms with van der Waals surface area (Å²) in [4.78, 5) is 2.72. The number of H-pyrrole nitrogens is 1. The number of aromatic amines is 1. The van der Waals surface area contributed by atoms with Gasteiger partial charge in [-0.25, -0.2) is 13.2 Å². The fraction of sp³-hybridized carbons (Fsp3) is 0. The lowest BCUT2D eigenvalue weighted by molar-refractivity contribution is 0.410. The van der Waals surface area contributed by atoms with E-state index in [1.54, 1.807) is 0 Å². The molecule has 0 bridgehead atoms. The lowest BCUT2D eigenvalue weighted by Gasteiger charge is -2.09. The van der Waals surface area contributed by atoms with E-state index in [1.807, 2.05) is 0 Å². The van der Waals surface area contributed by atoms with Gasteiger partial charge in [-0.15, -0.1) is 0 Å². The Kier molecular flexibility index (Phi) is 3.17. The van der Waals surface area contributed by atoms with E-state index in [0.29, 0.717) is 5.52 Å². The number of nitrogens with one attached hydrogen (secondary N) is 1. The summed E-state index contributed by atoms with van der Waals surface area (Å²) in [6.45, 7) is 0. The van der Waals surface area contributed by atoms with Crippen molar-refractivity contribution in [3.8, 4) is 11.5 Å². The van der Waals surface area contributed by atoms with Gasteiger partial charge in [0.05, 0.1) is 9.99 Å². The van der Waals surface area contributed by atoms with Crippen molar-refractivity contribution in [1.29, 1.82) is 0 Å². The first-order valence-electron chi connectivity index (χ1n) is 5.64. The van der Waals surface area contributed by atoms with E-state index >= 15 is 0 Å². The molecule has 0 radical (unpaired) electrons. The van der Waals surface area contributed by atoms with Crippen LogP contribution in [0, 0.1) is 17.5 Å². The second kappa shape index (κ2) is 4.86. The normalized spacial score (nSPS) is 11.0. The van der Waals surface area contributed by atoms with Gasteiger partial charge in [-0.1, -0.05) is 0 Å². The zero-order chi connectivity index (χ0) is 14.3. The third-order valence-electron chi connectivity index (χ3n) is 2.81. The van der Waals surface area contributed by atoms with Crippen molar-refractivity contribution in [1.82, 2.24) is 4.98 Å². The molecule has 1 aromatic heterocycles. The molecule has 0 amide bonds. The molecule has 0 aliphatic heterocycles. The summed E-state index contributed by atoms with van der Waals surface area (Å²) in [7, 11) is 0. The van der Waals surface area contributed by atoms with Crippen molar-refractivity contribution in [2.24, 2.45) is 0 Å². The molecule has 0 aliphatic carbocycles. The Morgan fingerprint density at radius 1 is 1.00 bits per heavy atom. The van der Waals surface area contributed by atoms with Crippen LogP contribution in [0.1, 0.15) is 0 Å². The molecule has 3 rings (SSSR count). The highest BCUT2D eigenvalue weighted by Crippen LogP contribution is 2.33. The molecule has 0 spiro atoms. The summed E-state index contributed by atoms with van der Waals surface area (Å²) in [5.41, 5.74) is 0.340. The largest absolute Gasteiger partial charge is 0.451 e. The molecule has 1 heterocycles. The summed E-state index contributed by atoms with van der Waals surface area (Å²) in [6, 6.07) is 6.36. The third kappa shape index (κ3) is 2.16. The van der Waals surface area contributed by atoms with Gasteiger partial charge in [0.25, 0.3) is 0 Å². The predicted molar refractivity (Wildman–Crippen MR) is 72.4 cm³/mol. The van der Waals surface area contributed by atoms with Crippen molar-refractivity contribution >= 4 is 26.8 Å². The van der Waals surface area contributed by atoms with Crippen LogP contribution in [0.5, 0.6) is 11.5 Å². The number of hydrogen-bond acceptors (Lipinski definition) is 1. The number of benzene rings is 2. The Morgan fingerprint density at radius 2 is 1.80 bits per heavy atom. The summed E-state index contributed by atoms with van der Waals surface area (Å²) >= 11 is 2.98. The van der Waals surface area contributed by atoms with Crippen LogP contribution < -0.4 is 4.74 Å². The van der Waals surface area contributed by atoms with Crippen LogP contribution in [0.25, 0.3) is 10.9 Å². The average Bonchev–Trinajstić information content (AvgIpc) is 2.87. The molecular formula is C14H7BrF3NO. The van der Waals surface area contributed by atoms with Gasteiger partial charge in [-0.2, -0.15) is 0 Å². The molecule has 3 aromatic rings. The molecular weight excluding hydrogens is 335 g/mol. The highest BCUT2D eigenvalue weighted by atomic mass is 79.9. The smallest absolute Gasteiger partial charge is 0.199 e. The van der Waals surface area contributed by atoms with Crippen molar-refractivity contribution in [2.45, 2.75) is 0 Å². The lowest BCUT2D eigenvalue weighted by atomic mass is 10.2. The van der Waals surface area contributed by atoms with Crippen LogP contribution in [0.15, 0.2) is 41.0 Å². The second-order valence-electron chi connectivity index (χ2n) is 4.12. The number of aromatic nitrogens is 1. The minimum Gasteiger partial charge on any atom is -0.451 e. The van der Waals surface area contributed by atoms with Crippen LogP contribution in [0.4, 0.5) is 13.2 Å². The van der Waals surface area contributed by atoms with Gasteiger partial charge in [-0.05, 0) is 40.2 Å². The van der Waals surface area contributed by atoms with Gasteiger partial charge in [0.2, 0.25) is 0 Å². The van der Waals surface area contributed by atoms with Gasteiger partial charge in [0.15, 0.2) is 17.4 Å². The quantitative estimate of drug-likeness (QED) is 0.685. The molecule has 102 valence electrons. The molecule has 0 saturated heterocycles. The molecule has 20 heavy (non-hydrogen) atoms. The van der Waals surface area contributed by atoms with Crippen molar-refractivity contribution in [3.05, 3.63) is 58.5 Å². The average molecular weight is 342 g/mol. The molecule has 0 atom stereocenters. The van der Waals surface area contributed by atoms with Crippen molar-refractivity contribution < 1.29 is 17.9 Å². The van der Waals surface area contributed by atoms with Crippen molar-refractivity contribution in [3.63, 3.8) is 0 Å². The standard InChI is InChI=1S/C14H7BrF3NO/c15-9-5-7(1-2-10(9)16)20-14-11(17)6-12-8(13(14)18)3-4-19-12/h1-6,19H. The number of hydrogen-bond donors (Lipinski definition) is 1.